The van der Waals surface area contributed by atoms with Crippen LogP contribution in [0.3, 0.4) is 0 Å². The summed E-state index contributed by atoms with van der Waals surface area (Å²) in [7, 11) is 0. The van der Waals surface area contributed by atoms with Crippen LogP contribution in [0, 0.1) is 0 Å². The van der Waals surface area contributed by atoms with Crippen molar-refractivity contribution in [3.63, 3.8) is 0 Å². The summed E-state index contributed by atoms with van der Waals surface area (Å²) in [6.45, 7) is 7.05. The van der Waals surface area contributed by atoms with Crippen molar-refractivity contribution in [1.29, 1.82) is 0 Å². The minimum Gasteiger partial charge on any atom is -0.330 e. The van der Waals surface area contributed by atoms with Crippen molar-refractivity contribution in [2.75, 3.05) is 11.9 Å². The van der Waals surface area contributed by atoms with Crippen LogP contribution in [0.1, 0.15) is 33.6 Å². The van der Waals surface area contributed by atoms with Crippen molar-refractivity contribution in [3.8, 4) is 0 Å². The van der Waals surface area contributed by atoms with Gasteiger partial charge in [-0.2, -0.15) is 0 Å². The Hall–Kier alpha value is 0.300. The maximum atomic E-state index is 11.9. The highest BCUT2D eigenvalue weighted by Crippen LogP contribution is 2.39. The molecule has 1 fully saturated rings. The van der Waals surface area contributed by atoms with Crippen LogP contribution in [0.25, 0.3) is 0 Å². The maximum absolute atomic E-state index is 11.9. The number of halogens is 1. The van der Waals surface area contributed by atoms with Gasteiger partial charge in [-0.3, -0.25) is 4.79 Å². The molecule has 0 aromatic heterocycles. The number of rotatable bonds is 4. The maximum Gasteiger partial charge on any atom is 0.239 e. The van der Waals surface area contributed by atoms with Crippen LogP contribution in [0.4, 0.5) is 0 Å². The Labute approximate surface area is 98.9 Å². The van der Waals surface area contributed by atoms with Crippen LogP contribution < -0.4 is 0 Å². The summed E-state index contributed by atoms with van der Waals surface area (Å²) in [5, 5.41) is 1.37. The van der Waals surface area contributed by atoms with Gasteiger partial charge in [-0.15, -0.1) is 11.8 Å². The van der Waals surface area contributed by atoms with E-state index in [1.807, 2.05) is 18.7 Å². The minimum atomic E-state index is -0.214. The number of carbonyl (C=O) groups is 1. The molecule has 82 valence electrons. The standard InChI is InChI=1S/C10H18BrNOS/c1-8-12(7-5-4-6-11)9(13)10(2,3)14-8/h8H,4-7H2,1-3H3. The molecule has 1 amide bonds. The minimum absolute atomic E-state index is 0.214. The van der Waals surface area contributed by atoms with Crippen LogP contribution in [0.2, 0.25) is 0 Å². The third-order valence-corrected chi connectivity index (χ3v) is 4.38. The highest BCUT2D eigenvalue weighted by Gasteiger charge is 2.43. The first-order valence-corrected chi connectivity index (χ1v) is 7.04. The molecule has 1 rings (SSSR count). The molecule has 2 nitrogen and oxygen atoms in total. The molecule has 0 aromatic rings. The fourth-order valence-corrected chi connectivity index (χ4v) is 3.51. The van der Waals surface area contributed by atoms with E-state index in [-0.39, 0.29) is 4.75 Å². The van der Waals surface area contributed by atoms with Crippen LogP contribution >= 0.6 is 27.7 Å². The smallest absolute Gasteiger partial charge is 0.239 e. The topological polar surface area (TPSA) is 20.3 Å². The van der Waals surface area contributed by atoms with Crippen molar-refractivity contribution in [2.45, 2.75) is 43.7 Å². The lowest BCUT2D eigenvalue weighted by atomic mass is 10.1. The van der Waals surface area contributed by atoms with Crippen LogP contribution in [0.15, 0.2) is 0 Å². The van der Waals surface area contributed by atoms with E-state index in [9.17, 15) is 4.79 Å². The van der Waals surface area contributed by atoms with Crippen molar-refractivity contribution >= 4 is 33.6 Å². The first kappa shape index (κ1) is 12.4. The highest BCUT2D eigenvalue weighted by atomic mass is 79.9. The van der Waals surface area contributed by atoms with E-state index in [0.29, 0.717) is 11.3 Å². The molecule has 0 aromatic carbocycles. The van der Waals surface area contributed by atoms with E-state index in [2.05, 4.69) is 22.9 Å². The summed E-state index contributed by atoms with van der Waals surface area (Å²) < 4.78 is -0.214. The predicted molar refractivity (Wildman–Crippen MR) is 65.9 cm³/mol. The Kier molecular flexibility index (Phi) is 4.31. The molecule has 1 atom stereocenters. The Morgan fingerprint density at radius 1 is 1.50 bits per heavy atom. The van der Waals surface area contributed by atoms with E-state index in [4.69, 9.17) is 0 Å². The summed E-state index contributed by atoms with van der Waals surface area (Å²) in [4.78, 5) is 13.9. The molecule has 4 heteroatoms. The lowest BCUT2D eigenvalue weighted by molar-refractivity contribution is -0.131. The van der Waals surface area contributed by atoms with Gasteiger partial charge in [0.05, 0.1) is 10.1 Å². The molecule has 1 saturated heterocycles. The molecule has 1 aliphatic heterocycles. The zero-order chi connectivity index (χ0) is 10.8. The van der Waals surface area contributed by atoms with Gasteiger partial charge in [0, 0.05) is 11.9 Å². The van der Waals surface area contributed by atoms with Crippen molar-refractivity contribution in [1.82, 2.24) is 4.90 Å². The third-order valence-electron chi connectivity index (χ3n) is 2.46. The summed E-state index contributed by atoms with van der Waals surface area (Å²) in [6, 6.07) is 0. The second kappa shape index (κ2) is 4.88. The van der Waals surface area contributed by atoms with Crippen molar-refractivity contribution in [2.24, 2.45) is 0 Å². The van der Waals surface area contributed by atoms with Gasteiger partial charge in [0.1, 0.15) is 0 Å². The third kappa shape index (κ3) is 2.66. The summed E-state index contributed by atoms with van der Waals surface area (Å²) in [5.74, 6) is 0.296. The fraction of sp³-hybridized carbons (Fsp3) is 0.900. The Morgan fingerprint density at radius 2 is 2.14 bits per heavy atom. The second-order valence-electron chi connectivity index (χ2n) is 4.12. The van der Waals surface area contributed by atoms with E-state index >= 15 is 0 Å². The highest BCUT2D eigenvalue weighted by molar-refractivity contribution is 9.09. The molecular weight excluding hydrogens is 262 g/mol. The van der Waals surface area contributed by atoms with E-state index < -0.39 is 0 Å². The molecule has 0 N–H and O–H groups in total. The zero-order valence-electron chi connectivity index (χ0n) is 9.05. The summed E-state index contributed by atoms with van der Waals surface area (Å²) in [5.41, 5.74) is 0. The molecule has 0 radical (unpaired) electrons. The average molecular weight is 280 g/mol. The van der Waals surface area contributed by atoms with Gasteiger partial charge >= 0.3 is 0 Å². The van der Waals surface area contributed by atoms with Gasteiger partial charge in [-0.05, 0) is 33.6 Å². The lowest BCUT2D eigenvalue weighted by Gasteiger charge is -2.20. The van der Waals surface area contributed by atoms with E-state index in [0.717, 1.165) is 24.7 Å². The van der Waals surface area contributed by atoms with Gasteiger partial charge in [-0.25, -0.2) is 0 Å². The fourth-order valence-electron chi connectivity index (χ4n) is 1.71. The molecular formula is C10H18BrNOS. The number of nitrogens with zero attached hydrogens (tertiary/aromatic N) is 1. The first-order valence-electron chi connectivity index (χ1n) is 5.04. The van der Waals surface area contributed by atoms with Gasteiger partial charge in [-0.1, -0.05) is 15.9 Å². The zero-order valence-corrected chi connectivity index (χ0v) is 11.4. The number of carbonyl (C=O) groups excluding carboxylic acids is 1. The molecule has 0 saturated carbocycles. The predicted octanol–water partition coefficient (Wildman–Crippen LogP) is 2.86. The number of amides is 1. The van der Waals surface area contributed by atoms with Gasteiger partial charge in [0.2, 0.25) is 5.91 Å². The Balaban J connectivity index is 2.49. The van der Waals surface area contributed by atoms with E-state index in [1.54, 1.807) is 11.8 Å². The number of unbranched alkanes of at least 4 members (excludes halogenated alkanes) is 1. The SMILES string of the molecule is CC1SC(C)(C)C(=O)N1CCCCBr. The summed E-state index contributed by atoms with van der Waals surface area (Å²) >= 11 is 5.16. The van der Waals surface area contributed by atoms with Gasteiger partial charge < -0.3 is 4.90 Å². The Bertz CT molecular complexity index is 220. The van der Waals surface area contributed by atoms with Crippen molar-refractivity contribution < 1.29 is 4.79 Å². The van der Waals surface area contributed by atoms with Crippen LogP contribution in [-0.4, -0.2) is 32.8 Å². The van der Waals surface area contributed by atoms with Crippen molar-refractivity contribution in [3.05, 3.63) is 0 Å². The molecule has 0 spiro atoms. The molecule has 1 heterocycles. The van der Waals surface area contributed by atoms with E-state index in [1.165, 1.54) is 0 Å². The molecule has 1 unspecified atom stereocenters. The number of hydrogen-bond acceptors (Lipinski definition) is 2. The largest absolute Gasteiger partial charge is 0.330 e. The monoisotopic (exact) mass is 279 g/mol. The van der Waals surface area contributed by atoms with Gasteiger partial charge in [0.15, 0.2) is 0 Å². The summed E-state index contributed by atoms with van der Waals surface area (Å²) in [6.07, 6.45) is 2.24. The van der Waals surface area contributed by atoms with Crippen LogP contribution in [-0.2, 0) is 4.79 Å². The van der Waals surface area contributed by atoms with Crippen LogP contribution in [0.5, 0.6) is 0 Å². The molecule has 0 bridgehead atoms. The van der Waals surface area contributed by atoms with Gasteiger partial charge in [0.25, 0.3) is 0 Å². The molecule has 0 aliphatic carbocycles. The quantitative estimate of drug-likeness (QED) is 0.583. The number of alkyl halides is 1. The first-order chi connectivity index (χ1) is 6.49. The molecule has 14 heavy (non-hydrogen) atoms. The number of hydrogen-bond donors (Lipinski definition) is 0. The number of thioether (sulfide) groups is 1. The molecule has 1 aliphatic rings. The second-order valence-corrected chi connectivity index (χ2v) is 6.85. The Morgan fingerprint density at radius 3 is 2.57 bits per heavy atom. The lowest BCUT2D eigenvalue weighted by Crippen LogP contribution is -2.37. The average Bonchev–Trinajstić information content (AvgIpc) is 2.27. The normalized spacial score (nSPS) is 25.9.